The maximum atomic E-state index is 12.8. The van der Waals surface area contributed by atoms with Gasteiger partial charge < -0.3 is 4.74 Å². The second-order valence-electron chi connectivity index (χ2n) is 22.7. The number of methoxy groups -OCH3 is 1. The summed E-state index contributed by atoms with van der Waals surface area (Å²) in [6, 6.07) is 89.9. The summed E-state index contributed by atoms with van der Waals surface area (Å²) in [6.07, 6.45) is 25.1. The molecule has 0 fully saturated rings. The predicted molar refractivity (Wildman–Crippen MR) is 390 cm³/mol. The van der Waals surface area contributed by atoms with Gasteiger partial charge in [-0.1, -0.05) is 139 Å². The Bertz CT molecular complexity index is 5550. The summed E-state index contributed by atoms with van der Waals surface area (Å²) in [5, 5.41) is 2.50. The van der Waals surface area contributed by atoms with E-state index >= 15 is 0 Å². The number of hydrogen-bond donors (Lipinski definition) is 0. The third-order valence-electron chi connectivity index (χ3n) is 16.3. The molecular formula is C83H64FN13O. The predicted octanol–water partition coefficient (Wildman–Crippen LogP) is 19.0. The number of ether oxygens (including phenoxy) is 1. The Hall–Kier alpha value is -13.4. The molecule has 98 heavy (non-hydrogen) atoms. The molecule has 0 aliphatic heterocycles. The molecule has 6 aromatic carbocycles. The van der Waals surface area contributed by atoms with Crippen LogP contribution >= 0.6 is 0 Å². The maximum Gasteiger partial charge on any atom is 0.163 e. The van der Waals surface area contributed by atoms with E-state index in [1.807, 2.05) is 229 Å². The molecule has 0 unspecified atom stereocenters. The number of aromatic nitrogens is 13. The number of fused-ring (bicyclic) bond motifs is 7. The van der Waals surface area contributed by atoms with Gasteiger partial charge in [0.05, 0.1) is 77.4 Å². The van der Waals surface area contributed by atoms with Gasteiger partial charge in [-0.3, -0.25) is 31.4 Å². The molecule has 14 nitrogen and oxygen atoms in total. The summed E-state index contributed by atoms with van der Waals surface area (Å²) >= 11 is 0. The van der Waals surface area contributed by atoms with Gasteiger partial charge in [0.15, 0.2) is 5.82 Å². The fourth-order valence-corrected chi connectivity index (χ4v) is 11.4. The molecule has 0 radical (unpaired) electrons. The summed E-state index contributed by atoms with van der Waals surface area (Å²) in [6.45, 7) is 2.09. The average molecular weight is 1280 g/mol. The summed E-state index contributed by atoms with van der Waals surface area (Å²) in [4.78, 5) is 30.9. The molecule has 19 rings (SSSR count). The minimum absolute atomic E-state index is 0.232. The smallest absolute Gasteiger partial charge is 0.163 e. The van der Waals surface area contributed by atoms with Crippen LogP contribution in [0.5, 0.6) is 5.75 Å². The van der Waals surface area contributed by atoms with E-state index in [2.05, 4.69) is 156 Å². The van der Waals surface area contributed by atoms with Gasteiger partial charge in [0.2, 0.25) is 0 Å². The van der Waals surface area contributed by atoms with Gasteiger partial charge in [-0.2, -0.15) is 0 Å². The zero-order valence-corrected chi connectivity index (χ0v) is 53.6. The summed E-state index contributed by atoms with van der Waals surface area (Å²) in [7, 11) is 1.67. The lowest BCUT2D eigenvalue weighted by molar-refractivity contribution is 0.415. The highest BCUT2D eigenvalue weighted by atomic mass is 19.1. The number of nitrogens with zero attached hydrogens (tertiary/aromatic N) is 13. The van der Waals surface area contributed by atoms with Crippen molar-refractivity contribution in [3.8, 4) is 74.2 Å². The van der Waals surface area contributed by atoms with Gasteiger partial charge in [-0.15, -0.1) is 0 Å². The molecule has 15 heteroatoms. The van der Waals surface area contributed by atoms with Gasteiger partial charge in [0.25, 0.3) is 0 Å². The van der Waals surface area contributed by atoms with Gasteiger partial charge in [0, 0.05) is 71.2 Å². The Labute approximate surface area is 564 Å². The van der Waals surface area contributed by atoms with Crippen LogP contribution in [0, 0.1) is 12.7 Å². The van der Waals surface area contributed by atoms with Crippen molar-refractivity contribution in [2.75, 3.05) is 7.11 Å². The molecule has 474 valence electrons. The fourth-order valence-electron chi connectivity index (χ4n) is 11.4. The minimum atomic E-state index is -0.232. The highest BCUT2D eigenvalue weighted by molar-refractivity contribution is 5.87. The Morgan fingerprint density at radius 2 is 0.602 bits per heavy atom. The van der Waals surface area contributed by atoms with Crippen LogP contribution in [0.2, 0.25) is 0 Å². The largest absolute Gasteiger partial charge is 0.497 e. The molecule has 13 aromatic heterocycles. The minimum Gasteiger partial charge on any atom is -0.497 e. The molecule has 0 aliphatic carbocycles. The second-order valence-corrected chi connectivity index (χ2v) is 22.7. The van der Waals surface area contributed by atoms with E-state index in [4.69, 9.17) is 4.74 Å². The first-order chi connectivity index (χ1) is 48.4. The lowest BCUT2D eigenvalue weighted by Gasteiger charge is -2.03. The molecule has 0 bridgehead atoms. The topological polar surface area (TPSA) is 126 Å². The van der Waals surface area contributed by atoms with Crippen LogP contribution < -0.4 is 4.74 Å². The number of benzene rings is 6. The van der Waals surface area contributed by atoms with E-state index in [0.717, 1.165) is 107 Å². The molecule has 0 saturated heterocycles. The van der Waals surface area contributed by atoms with E-state index in [0.29, 0.717) is 0 Å². The third kappa shape index (κ3) is 13.9. The van der Waals surface area contributed by atoms with Gasteiger partial charge in [-0.05, 0) is 157 Å². The molecule has 0 saturated carbocycles. The van der Waals surface area contributed by atoms with Gasteiger partial charge >= 0.3 is 0 Å². The Balaban J connectivity index is 0.000000101. The van der Waals surface area contributed by atoms with Crippen molar-refractivity contribution in [1.82, 2.24) is 61.3 Å². The first-order valence-electron chi connectivity index (χ1n) is 31.8. The standard InChI is InChI=1S/C17H12N2.C14H12N2O.C14H12N2.C13H9FN2.C13H10N2.C12H9N3/c1-2-6-14-11-15(9-8-13(14)5-1)17-18-12-16-7-3-4-10-19(16)17;1-17-13-7-5-11(6-8-13)14-15-10-12-4-2-3-9-16(12)14;1-11-5-7-12(8-6-11)14-15-10-13-4-2-3-9-16(13)14;14-11-6-4-10(5-7-11)13-15-9-12-3-1-2-8-16(12)13;1-2-6-11(7-3-1)13-14-10-12-8-4-5-9-15(12)13;1-3-7-13-11(6-1)12-14-9-10-5-2-4-8-15(10)12/h1-12H;2-10H,1H3;2-10H,1H3;1-9H;1-10H;1-9H. The first kappa shape index (κ1) is 62.1. The van der Waals surface area contributed by atoms with Crippen LogP contribution in [0.4, 0.5) is 4.39 Å². The average Bonchev–Trinajstić information content (AvgIpc) is 1.52. The van der Waals surface area contributed by atoms with Crippen molar-refractivity contribution in [2.24, 2.45) is 0 Å². The van der Waals surface area contributed by atoms with E-state index in [1.165, 1.54) is 28.5 Å². The van der Waals surface area contributed by atoms with Crippen molar-refractivity contribution in [3.05, 3.63) is 365 Å². The Morgan fingerprint density at radius 1 is 0.276 bits per heavy atom. The van der Waals surface area contributed by atoms with Crippen LogP contribution in [0.1, 0.15) is 5.56 Å². The third-order valence-corrected chi connectivity index (χ3v) is 16.3. The number of imidazole rings is 6. The second kappa shape index (κ2) is 29.3. The van der Waals surface area contributed by atoms with Crippen LogP contribution in [-0.4, -0.2) is 68.4 Å². The van der Waals surface area contributed by atoms with Crippen LogP contribution in [0.25, 0.3) is 112 Å². The molecular weight excluding hydrogens is 1210 g/mol. The zero-order valence-electron chi connectivity index (χ0n) is 53.6. The molecule has 0 N–H and O–H groups in total. The monoisotopic (exact) mass is 1280 g/mol. The molecule has 0 aliphatic rings. The highest BCUT2D eigenvalue weighted by Crippen LogP contribution is 2.27. The summed E-state index contributed by atoms with van der Waals surface area (Å²) in [5.41, 5.74) is 14.2. The first-order valence-corrected chi connectivity index (χ1v) is 31.8. The summed E-state index contributed by atoms with van der Waals surface area (Å²) in [5.74, 6) is 6.26. The molecule has 0 atom stereocenters. The molecule has 0 spiro atoms. The van der Waals surface area contributed by atoms with Crippen molar-refractivity contribution in [3.63, 3.8) is 0 Å². The number of hydrogen-bond acceptors (Lipinski definition) is 8. The van der Waals surface area contributed by atoms with Gasteiger partial charge in [0.1, 0.15) is 46.4 Å². The van der Waals surface area contributed by atoms with E-state index < -0.39 is 0 Å². The zero-order chi connectivity index (χ0) is 66.4. The molecule has 0 amide bonds. The normalized spacial score (nSPS) is 10.8. The van der Waals surface area contributed by atoms with Crippen LogP contribution in [0.3, 0.4) is 0 Å². The number of pyridine rings is 7. The number of rotatable bonds is 7. The highest BCUT2D eigenvalue weighted by Gasteiger charge is 2.11. The maximum absolute atomic E-state index is 12.8. The fraction of sp³-hybridized carbons (Fsp3) is 0.0241. The number of halogens is 1. The molecule has 19 aromatic rings. The van der Waals surface area contributed by atoms with E-state index in [1.54, 1.807) is 31.6 Å². The van der Waals surface area contributed by atoms with Crippen LogP contribution in [0.15, 0.2) is 354 Å². The quantitative estimate of drug-likeness (QED) is 0.154. The van der Waals surface area contributed by atoms with Crippen molar-refractivity contribution < 1.29 is 9.13 Å². The lowest BCUT2D eigenvalue weighted by atomic mass is 10.1. The lowest BCUT2D eigenvalue weighted by Crippen LogP contribution is -1.90. The number of aryl methyl sites for hydroxylation is 1. The van der Waals surface area contributed by atoms with Crippen molar-refractivity contribution in [2.45, 2.75) is 6.92 Å². The SMILES string of the molecule is COc1ccc(-c2ncc3ccccn23)cc1.Cc1ccc(-c2ncc3ccccn23)cc1.Fc1ccc(-c2ncc3ccccn23)cc1.c1ccc(-c2ncc3ccccn23)cc1.c1ccc(-c2ncc3ccccn23)nc1.c1ccc2cc(-c3ncc4ccccn34)ccc2c1. The Kier molecular flexibility index (Phi) is 18.5. The van der Waals surface area contributed by atoms with Crippen molar-refractivity contribution >= 4 is 43.9 Å². The van der Waals surface area contributed by atoms with Gasteiger partial charge in [-0.25, -0.2) is 34.3 Å². The van der Waals surface area contributed by atoms with E-state index in [9.17, 15) is 4.39 Å². The Morgan fingerprint density at radius 3 is 1.01 bits per heavy atom. The summed E-state index contributed by atoms with van der Waals surface area (Å²) < 4.78 is 30.4. The molecule has 13 heterocycles. The van der Waals surface area contributed by atoms with E-state index in [-0.39, 0.29) is 5.82 Å². The van der Waals surface area contributed by atoms with Crippen molar-refractivity contribution in [1.29, 1.82) is 0 Å². The van der Waals surface area contributed by atoms with Crippen LogP contribution in [-0.2, 0) is 0 Å².